The van der Waals surface area contributed by atoms with Crippen molar-refractivity contribution in [1.82, 2.24) is 14.2 Å². The van der Waals surface area contributed by atoms with Gasteiger partial charge < -0.3 is 14.4 Å². The summed E-state index contributed by atoms with van der Waals surface area (Å²) < 4.78 is 39.0. The van der Waals surface area contributed by atoms with Crippen LogP contribution in [0, 0.1) is 0 Å². The summed E-state index contributed by atoms with van der Waals surface area (Å²) in [6.45, 7) is 2.96. The smallest absolute Gasteiger partial charge is 0.243 e. The van der Waals surface area contributed by atoms with Crippen molar-refractivity contribution in [3.63, 3.8) is 0 Å². The van der Waals surface area contributed by atoms with E-state index in [1.807, 2.05) is 12.1 Å². The fraction of sp³-hybridized carbons (Fsp3) is 0.542. The van der Waals surface area contributed by atoms with Gasteiger partial charge in [-0.15, -0.1) is 0 Å². The molecule has 2 fully saturated rings. The van der Waals surface area contributed by atoms with Crippen LogP contribution in [0.5, 0.6) is 11.6 Å². The summed E-state index contributed by atoms with van der Waals surface area (Å²) in [6, 6.07) is 11.2. The van der Waals surface area contributed by atoms with Crippen molar-refractivity contribution in [3.05, 3.63) is 47.7 Å². The average Bonchev–Trinajstić information content (AvgIpc) is 2.79. The van der Waals surface area contributed by atoms with Gasteiger partial charge in [-0.05, 0) is 55.5 Å². The maximum absolute atomic E-state index is 13.1. The Hall–Kier alpha value is -2.16. The van der Waals surface area contributed by atoms with E-state index in [-0.39, 0.29) is 11.0 Å². The topological polar surface area (TPSA) is 72.0 Å². The molecule has 5 rings (SSSR count). The Morgan fingerprint density at radius 1 is 0.969 bits per heavy atom. The van der Waals surface area contributed by atoms with E-state index in [2.05, 4.69) is 4.90 Å². The largest absolute Gasteiger partial charge is 0.497 e. The highest BCUT2D eigenvalue weighted by molar-refractivity contribution is 7.89. The average molecular weight is 458 g/mol. The molecule has 0 N–H and O–H groups in total. The van der Waals surface area contributed by atoms with Crippen LogP contribution in [0.25, 0.3) is 0 Å². The molecule has 2 aromatic rings. The fourth-order valence-electron chi connectivity index (χ4n) is 4.82. The number of benzene rings is 1. The number of likely N-dealkylation sites (tertiary alicyclic amines) is 1. The summed E-state index contributed by atoms with van der Waals surface area (Å²) in [4.78, 5) is 7.62. The van der Waals surface area contributed by atoms with Crippen LogP contribution in [-0.4, -0.2) is 61.5 Å². The maximum Gasteiger partial charge on any atom is 0.243 e. The van der Waals surface area contributed by atoms with Crippen molar-refractivity contribution >= 4 is 10.0 Å². The Kier molecular flexibility index (Phi) is 6.09. The molecule has 0 unspecified atom stereocenters. The van der Waals surface area contributed by atoms with Crippen LogP contribution in [0.2, 0.25) is 0 Å². The molecule has 1 aromatic heterocycles. The van der Waals surface area contributed by atoms with Gasteiger partial charge in [0.15, 0.2) is 0 Å². The molecule has 32 heavy (non-hydrogen) atoms. The number of piperidine rings is 1. The van der Waals surface area contributed by atoms with Gasteiger partial charge in [0.1, 0.15) is 11.9 Å². The summed E-state index contributed by atoms with van der Waals surface area (Å²) in [5.74, 6) is 1.30. The molecule has 0 amide bonds. The third-order valence-electron chi connectivity index (χ3n) is 7.04. The minimum absolute atomic E-state index is 0.215. The Balaban J connectivity index is 1.21. The van der Waals surface area contributed by atoms with Gasteiger partial charge in [-0.1, -0.05) is 12.5 Å². The van der Waals surface area contributed by atoms with Crippen LogP contribution >= 0.6 is 0 Å². The predicted octanol–water partition coefficient (Wildman–Crippen LogP) is 3.23. The van der Waals surface area contributed by atoms with Crippen molar-refractivity contribution in [3.8, 4) is 11.6 Å². The van der Waals surface area contributed by atoms with Gasteiger partial charge in [-0.2, -0.15) is 4.31 Å². The van der Waals surface area contributed by atoms with Gasteiger partial charge in [0.25, 0.3) is 0 Å². The van der Waals surface area contributed by atoms with Gasteiger partial charge >= 0.3 is 0 Å². The number of methoxy groups -OCH3 is 1. The number of hydrogen-bond donors (Lipinski definition) is 0. The van der Waals surface area contributed by atoms with E-state index in [1.165, 1.54) is 23.6 Å². The highest BCUT2D eigenvalue weighted by atomic mass is 32.2. The SMILES string of the molecule is COc1ccc(S(=O)(=O)N2CCc3nc(OC4CCN(C5CCC5)CC4)ccc3C2)cc1. The lowest BCUT2D eigenvalue weighted by molar-refractivity contribution is 0.0474. The lowest BCUT2D eigenvalue weighted by Crippen LogP contribution is -2.46. The lowest BCUT2D eigenvalue weighted by atomic mass is 9.90. The number of ether oxygens (including phenoxy) is 2. The fourth-order valence-corrected chi connectivity index (χ4v) is 6.24. The van der Waals surface area contributed by atoms with Crippen LogP contribution in [0.15, 0.2) is 41.3 Å². The minimum atomic E-state index is -3.56. The zero-order chi connectivity index (χ0) is 22.1. The van der Waals surface area contributed by atoms with Crippen LogP contribution in [0.1, 0.15) is 43.4 Å². The molecule has 172 valence electrons. The number of pyridine rings is 1. The molecule has 1 saturated heterocycles. The first-order valence-corrected chi connectivity index (χ1v) is 13.0. The highest BCUT2D eigenvalue weighted by Crippen LogP contribution is 2.30. The van der Waals surface area contributed by atoms with Gasteiger partial charge in [0.2, 0.25) is 15.9 Å². The molecule has 3 aliphatic rings. The number of hydrogen-bond acceptors (Lipinski definition) is 6. The number of rotatable bonds is 6. The van der Waals surface area contributed by atoms with E-state index in [0.29, 0.717) is 31.1 Å². The van der Waals surface area contributed by atoms with Crippen molar-refractivity contribution in [2.24, 2.45) is 0 Å². The molecular weight excluding hydrogens is 426 g/mol. The zero-order valence-corrected chi connectivity index (χ0v) is 19.4. The van der Waals surface area contributed by atoms with Gasteiger partial charge in [-0.3, -0.25) is 0 Å². The molecule has 0 bridgehead atoms. The molecule has 1 saturated carbocycles. The first-order valence-electron chi connectivity index (χ1n) is 11.6. The second kappa shape index (κ2) is 9.00. The Bertz CT molecular complexity index is 1050. The molecule has 0 spiro atoms. The third-order valence-corrected chi connectivity index (χ3v) is 8.90. The lowest BCUT2D eigenvalue weighted by Gasteiger charge is -2.41. The Labute approximate surface area is 190 Å². The van der Waals surface area contributed by atoms with Crippen molar-refractivity contribution in [2.75, 3.05) is 26.7 Å². The monoisotopic (exact) mass is 457 g/mol. The number of nitrogens with zero attached hydrogens (tertiary/aromatic N) is 3. The zero-order valence-electron chi connectivity index (χ0n) is 18.6. The molecule has 3 heterocycles. The molecule has 1 aromatic carbocycles. The van der Waals surface area contributed by atoms with E-state index >= 15 is 0 Å². The van der Waals surface area contributed by atoms with Crippen LogP contribution in [0.4, 0.5) is 0 Å². The molecule has 0 radical (unpaired) electrons. The molecule has 0 atom stereocenters. The van der Waals surface area contributed by atoms with Gasteiger partial charge in [-0.25, -0.2) is 13.4 Å². The normalized spacial score (nSPS) is 21.0. The van der Waals surface area contributed by atoms with E-state index in [1.54, 1.807) is 31.4 Å². The third kappa shape index (κ3) is 4.36. The molecule has 1 aliphatic carbocycles. The first kappa shape index (κ1) is 21.7. The highest BCUT2D eigenvalue weighted by Gasteiger charge is 2.31. The van der Waals surface area contributed by atoms with E-state index in [0.717, 1.165) is 43.2 Å². The Morgan fingerprint density at radius 3 is 2.38 bits per heavy atom. The van der Waals surface area contributed by atoms with E-state index in [4.69, 9.17) is 14.5 Å². The minimum Gasteiger partial charge on any atom is -0.497 e. The second-order valence-corrected chi connectivity index (χ2v) is 10.9. The van der Waals surface area contributed by atoms with Crippen molar-refractivity contribution in [2.45, 2.75) is 62.1 Å². The maximum atomic E-state index is 13.1. The molecular formula is C24H31N3O4S. The summed E-state index contributed by atoms with van der Waals surface area (Å²) >= 11 is 0. The van der Waals surface area contributed by atoms with Gasteiger partial charge in [0.05, 0.1) is 17.7 Å². The van der Waals surface area contributed by atoms with Crippen LogP contribution in [0.3, 0.4) is 0 Å². The predicted molar refractivity (Wildman–Crippen MR) is 121 cm³/mol. The van der Waals surface area contributed by atoms with E-state index in [9.17, 15) is 8.42 Å². The van der Waals surface area contributed by atoms with E-state index < -0.39 is 10.0 Å². The Morgan fingerprint density at radius 2 is 1.72 bits per heavy atom. The standard InChI is InChI=1S/C24H31N3O4S/c1-30-20-6-8-22(9-7-20)32(28,29)27-16-13-23-18(17-27)5-10-24(25-23)31-21-11-14-26(15-12-21)19-3-2-4-19/h5-10,19,21H,2-4,11-17H2,1H3. The number of aromatic nitrogens is 1. The number of fused-ring (bicyclic) bond motifs is 1. The molecule has 2 aliphatic heterocycles. The quantitative estimate of drug-likeness (QED) is 0.663. The van der Waals surface area contributed by atoms with Crippen LogP contribution in [-0.2, 0) is 23.0 Å². The summed E-state index contributed by atoms with van der Waals surface area (Å²) in [6.07, 6.45) is 6.96. The first-order chi connectivity index (χ1) is 15.5. The molecule has 8 heteroatoms. The second-order valence-electron chi connectivity index (χ2n) is 8.96. The summed E-state index contributed by atoms with van der Waals surface area (Å²) in [7, 11) is -1.99. The molecule has 7 nitrogen and oxygen atoms in total. The summed E-state index contributed by atoms with van der Waals surface area (Å²) in [5.41, 5.74) is 1.89. The van der Waals surface area contributed by atoms with Crippen molar-refractivity contribution in [1.29, 1.82) is 0 Å². The number of sulfonamides is 1. The van der Waals surface area contributed by atoms with Crippen molar-refractivity contribution < 1.29 is 17.9 Å². The summed E-state index contributed by atoms with van der Waals surface area (Å²) in [5, 5.41) is 0. The van der Waals surface area contributed by atoms with Crippen LogP contribution < -0.4 is 9.47 Å². The van der Waals surface area contributed by atoms with Gasteiger partial charge in [0, 0.05) is 44.7 Å².